The third-order valence-corrected chi connectivity index (χ3v) is 12.4. The van der Waals surface area contributed by atoms with Gasteiger partial charge in [0, 0.05) is 32.3 Å². The number of fused-ring (bicyclic) bond motifs is 9. The number of ether oxygens (including phenoxy) is 1. The van der Waals surface area contributed by atoms with E-state index in [9.17, 15) is 23.6 Å². The van der Waals surface area contributed by atoms with Gasteiger partial charge in [-0.2, -0.15) is 0 Å². The van der Waals surface area contributed by atoms with Gasteiger partial charge in [-0.25, -0.2) is 4.39 Å². The van der Waals surface area contributed by atoms with Crippen molar-refractivity contribution in [1.82, 2.24) is 4.98 Å². The van der Waals surface area contributed by atoms with Crippen molar-refractivity contribution in [3.63, 3.8) is 0 Å². The van der Waals surface area contributed by atoms with E-state index in [-0.39, 0.29) is 58.1 Å². The first kappa shape index (κ1) is 28.5. The number of imide groups is 1. The van der Waals surface area contributed by atoms with Gasteiger partial charge in [0.2, 0.25) is 11.8 Å². The number of halogens is 2. The Bertz CT molecular complexity index is 1920. The minimum atomic E-state index is -0.519. The van der Waals surface area contributed by atoms with Crippen LogP contribution in [0.4, 0.5) is 15.8 Å². The first-order chi connectivity index (χ1) is 21.8. The van der Waals surface area contributed by atoms with Gasteiger partial charge in [0.05, 0.1) is 22.5 Å². The zero-order valence-corrected chi connectivity index (χ0v) is 25.8. The number of carbonyl (C=O) groups excluding carboxylic acids is 3. The number of hydrogen-bond donors (Lipinski definition) is 2. The molecule has 3 aromatic carbocycles. The van der Waals surface area contributed by atoms with Crippen LogP contribution in [0.15, 0.2) is 82.6 Å². The number of rotatable bonds is 6. The number of nitrogens with zero attached hydrogens (tertiary/aromatic N) is 1. The molecule has 1 saturated heterocycles. The van der Waals surface area contributed by atoms with Crippen LogP contribution in [-0.2, 0) is 14.4 Å². The lowest BCUT2D eigenvalue weighted by Crippen LogP contribution is -2.42. The Morgan fingerprint density at radius 1 is 1.00 bits per heavy atom. The summed E-state index contributed by atoms with van der Waals surface area (Å²) in [5.41, 5.74) is 1.76. The second-order valence-corrected chi connectivity index (χ2v) is 14.5. The lowest BCUT2D eigenvalue weighted by Gasteiger charge is -2.43. The summed E-state index contributed by atoms with van der Waals surface area (Å²) < 4.78 is 19.8. The fourth-order valence-electron chi connectivity index (χ4n) is 7.97. The van der Waals surface area contributed by atoms with E-state index < -0.39 is 17.7 Å². The van der Waals surface area contributed by atoms with Crippen LogP contribution in [0.5, 0.6) is 5.75 Å². The Hall–Kier alpha value is -3.93. The number of amides is 3. The first-order valence-corrected chi connectivity index (χ1v) is 16.7. The van der Waals surface area contributed by atoms with E-state index in [0.717, 1.165) is 26.8 Å². The maximum Gasteiger partial charge on any atom is 0.305 e. The molecular weight excluding hydrogens is 637 g/mol. The monoisotopic (exact) mass is 661 g/mol. The van der Waals surface area contributed by atoms with Crippen LogP contribution in [0.1, 0.15) is 22.8 Å². The average molecular weight is 662 g/mol. The predicted octanol–water partition coefficient (Wildman–Crippen LogP) is 5.92. The molecule has 0 radical (unpaired) electrons. The smallest absolute Gasteiger partial charge is 0.305 e. The maximum absolute atomic E-state index is 13.9. The van der Waals surface area contributed by atoms with Crippen molar-refractivity contribution in [2.24, 2.45) is 29.6 Å². The number of benzene rings is 3. The molecule has 3 heterocycles. The number of aromatic nitrogens is 1. The molecule has 228 valence electrons. The van der Waals surface area contributed by atoms with Crippen LogP contribution in [0.25, 0.3) is 0 Å². The molecule has 8 rings (SSSR count). The summed E-state index contributed by atoms with van der Waals surface area (Å²) in [4.78, 5) is 58.1. The van der Waals surface area contributed by atoms with Gasteiger partial charge < -0.3 is 15.0 Å². The number of thioether (sulfide) groups is 1. The molecule has 7 atom stereocenters. The molecule has 3 fully saturated rings. The number of thiazole rings is 1. The number of hydrogen-bond acceptors (Lipinski definition) is 7. The van der Waals surface area contributed by atoms with Gasteiger partial charge >= 0.3 is 4.87 Å². The van der Waals surface area contributed by atoms with E-state index in [1.165, 1.54) is 29.2 Å². The number of carbonyl (C=O) groups is 3. The summed E-state index contributed by atoms with van der Waals surface area (Å²) in [7, 11) is 0. The highest BCUT2D eigenvalue weighted by atomic mass is 35.5. The quantitative estimate of drug-likeness (QED) is 0.248. The first-order valence-electron chi connectivity index (χ1n) is 14.6. The summed E-state index contributed by atoms with van der Waals surface area (Å²) >= 11 is 9.26. The summed E-state index contributed by atoms with van der Waals surface area (Å²) in [6.07, 6.45) is 0.707. The standard InChI is InChI=1S/C33H25ClFN3O5S2/c34-15-6-11-22(43-14-23(39)36-17-4-2-1-3-5-17)19(12-15)24-25-20-13-21(28(25)44-30-29(24)45-33(42)37-30)27-26(20)31(40)38(32(27)41)18-9-7-16(35)8-10-18/h1-12,20-21,24-28H,13-14H2,(H,36,39)(H,37,42)/t20-,21-,24+,25-,26+,27+,28-/m1/s1. The van der Waals surface area contributed by atoms with Crippen LogP contribution < -0.4 is 19.8 Å². The average Bonchev–Trinajstić information content (AvgIpc) is 3.76. The van der Waals surface area contributed by atoms with E-state index in [0.29, 0.717) is 28.6 Å². The number of H-pyrrole nitrogens is 1. The second-order valence-electron chi connectivity index (χ2n) is 11.8. The minimum Gasteiger partial charge on any atom is -0.483 e. The molecule has 2 N–H and O–H groups in total. The van der Waals surface area contributed by atoms with Crippen LogP contribution in [0.2, 0.25) is 5.02 Å². The summed E-state index contributed by atoms with van der Waals surface area (Å²) in [6.45, 7) is -0.244. The third kappa shape index (κ3) is 4.62. The zero-order chi connectivity index (χ0) is 31.0. The normalized spacial score (nSPS) is 27.7. The SMILES string of the molecule is O=C(COc1ccc(Cl)cc1[C@@H]1c2sc(=O)[nH]c2S[C@@H]2[C@@H]3C[C@@H]([C@@H]4C(=O)N(c5ccc(F)cc5)C(=O)[C@@H]34)[C@H]12)Nc1ccccc1. The van der Waals surface area contributed by atoms with E-state index in [2.05, 4.69) is 10.3 Å². The predicted molar refractivity (Wildman–Crippen MR) is 169 cm³/mol. The highest BCUT2D eigenvalue weighted by Gasteiger charge is 2.69. The molecule has 12 heteroatoms. The lowest BCUT2D eigenvalue weighted by molar-refractivity contribution is -0.123. The van der Waals surface area contributed by atoms with Crippen molar-refractivity contribution in [1.29, 1.82) is 0 Å². The topological polar surface area (TPSA) is 109 Å². The molecule has 2 bridgehead atoms. The summed E-state index contributed by atoms with van der Waals surface area (Å²) in [6, 6.07) is 19.8. The van der Waals surface area contributed by atoms with Crippen LogP contribution in [-0.4, -0.2) is 34.6 Å². The summed E-state index contributed by atoms with van der Waals surface area (Å²) in [5, 5.41) is 4.00. The fourth-order valence-corrected chi connectivity index (χ4v) is 11.0. The molecule has 2 aliphatic heterocycles. The molecule has 1 aromatic heterocycles. The van der Waals surface area contributed by atoms with Gasteiger partial charge in [-0.3, -0.25) is 24.1 Å². The molecule has 2 aliphatic carbocycles. The maximum atomic E-state index is 13.9. The van der Waals surface area contributed by atoms with Gasteiger partial charge in [-0.1, -0.05) is 41.1 Å². The molecule has 0 unspecified atom stereocenters. The van der Waals surface area contributed by atoms with Crippen molar-refractivity contribution in [2.45, 2.75) is 22.6 Å². The van der Waals surface area contributed by atoms with E-state index in [1.54, 1.807) is 36.0 Å². The van der Waals surface area contributed by atoms with Crippen LogP contribution in [0, 0.1) is 35.4 Å². The molecular formula is C33H25ClFN3O5S2. The molecule has 8 nitrogen and oxygen atoms in total. The molecule has 45 heavy (non-hydrogen) atoms. The number of anilines is 2. The van der Waals surface area contributed by atoms with Crippen LogP contribution in [0.3, 0.4) is 0 Å². The van der Waals surface area contributed by atoms with E-state index in [4.69, 9.17) is 16.3 Å². The van der Waals surface area contributed by atoms with Crippen LogP contribution >= 0.6 is 34.7 Å². The Balaban J connectivity index is 1.15. The molecule has 3 amide bonds. The molecule has 4 aromatic rings. The van der Waals surface area contributed by atoms with Gasteiger partial charge in [0.25, 0.3) is 5.91 Å². The lowest BCUT2D eigenvalue weighted by atomic mass is 9.68. The Kier molecular flexibility index (Phi) is 6.88. The Morgan fingerprint density at radius 3 is 2.49 bits per heavy atom. The highest BCUT2D eigenvalue weighted by molar-refractivity contribution is 8.00. The molecule has 2 saturated carbocycles. The van der Waals surface area contributed by atoms with E-state index >= 15 is 0 Å². The third-order valence-electron chi connectivity index (χ3n) is 9.53. The van der Waals surface area contributed by atoms with Crippen molar-refractivity contribution < 1.29 is 23.5 Å². The van der Waals surface area contributed by atoms with Crippen molar-refractivity contribution in [3.8, 4) is 5.75 Å². The van der Waals surface area contributed by atoms with Gasteiger partial charge in [-0.05, 0) is 78.8 Å². The second kappa shape index (κ2) is 10.9. The van der Waals surface area contributed by atoms with Gasteiger partial charge in [0.1, 0.15) is 11.6 Å². The fraction of sp³-hybridized carbons (Fsp3) is 0.273. The van der Waals surface area contributed by atoms with Crippen molar-refractivity contribution in [3.05, 3.63) is 104 Å². The highest BCUT2D eigenvalue weighted by Crippen LogP contribution is 2.69. The molecule has 0 spiro atoms. The number of aromatic amines is 1. The van der Waals surface area contributed by atoms with Crippen molar-refractivity contribution in [2.75, 3.05) is 16.8 Å². The number of para-hydroxylation sites is 1. The Morgan fingerprint density at radius 2 is 1.73 bits per heavy atom. The van der Waals surface area contributed by atoms with Gasteiger partial charge in [-0.15, -0.1) is 11.8 Å². The minimum absolute atomic E-state index is 0.0443. The molecule has 4 aliphatic rings. The number of nitrogens with one attached hydrogen (secondary N) is 2. The van der Waals surface area contributed by atoms with Crippen molar-refractivity contribution >= 4 is 63.8 Å². The van der Waals surface area contributed by atoms with Gasteiger partial charge in [0.15, 0.2) is 6.61 Å². The Labute approximate surface area is 269 Å². The summed E-state index contributed by atoms with van der Waals surface area (Å²) in [5.74, 6) is -2.49. The zero-order valence-electron chi connectivity index (χ0n) is 23.4. The van der Waals surface area contributed by atoms with E-state index in [1.807, 2.05) is 24.3 Å². The largest absolute Gasteiger partial charge is 0.483 e.